The molecule has 0 saturated carbocycles. The number of thiocarbonyl (C=S) groups is 1. The predicted molar refractivity (Wildman–Crippen MR) is 124 cm³/mol. The molecule has 1 aliphatic rings. The van der Waals surface area contributed by atoms with Gasteiger partial charge in [-0.05, 0) is 63.0 Å². The third-order valence-corrected chi connectivity index (χ3v) is 5.03. The molecule has 1 aromatic rings. The maximum atomic E-state index is 12.9. The van der Waals surface area contributed by atoms with Crippen molar-refractivity contribution in [2.24, 2.45) is 5.41 Å². The van der Waals surface area contributed by atoms with Crippen LogP contribution in [0.25, 0.3) is 0 Å². The molecular weight excluding hydrogens is 398 g/mol. The van der Waals surface area contributed by atoms with E-state index in [2.05, 4.69) is 10.6 Å². The molecule has 0 aliphatic carbocycles. The highest BCUT2D eigenvalue weighted by Gasteiger charge is 2.34. The van der Waals surface area contributed by atoms with Crippen molar-refractivity contribution in [2.45, 2.75) is 67.0 Å². The van der Waals surface area contributed by atoms with Crippen LogP contribution in [0.3, 0.4) is 0 Å². The molecule has 2 N–H and O–H groups in total. The SMILES string of the molecule is CCN1C(=S)NC(c2ccc(NC(=O)CC(C)(C)C)cc2)C(C(=O)OC(C)C)=C1C. The van der Waals surface area contributed by atoms with Gasteiger partial charge in [0.05, 0.1) is 17.7 Å². The van der Waals surface area contributed by atoms with E-state index in [0.29, 0.717) is 29.3 Å². The maximum Gasteiger partial charge on any atom is 0.338 e. The largest absolute Gasteiger partial charge is 0.459 e. The normalized spacial score (nSPS) is 17.1. The van der Waals surface area contributed by atoms with Gasteiger partial charge in [0.25, 0.3) is 0 Å². The quantitative estimate of drug-likeness (QED) is 0.509. The van der Waals surface area contributed by atoms with Crippen molar-refractivity contribution in [1.29, 1.82) is 0 Å². The summed E-state index contributed by atoms with van der Waals surface area (Å²) in [6, 6.07) is 7.06. The molecule has 2 rings (SSSR count). The van der Waals surface area contributed by atoms with E-state index >= 15 is 0 Å². The van der Waals surface area contributed by atoms with E-state index in [1.54, 1.807) is 0 Å². The number of nitrogens with one attached hydrogen (secondary N) is 2. The second-order valence-corrected chi connectivity index (χ2v) is 9.37. The van der Waals surface area contributed by atoms with Crippen molar-refractivity contribution in [3.8, 4) is 0 Å². The summed E-state index contributed by atoms with van der Waals surface area (Å²) in [7, 11) is 0. The van der Waals surface area contributed by atoms with Crippen LogP contribution in [-0.2, 0) is 14.3 Å². The number of hydrogen-bond donors (Lipinski definition) is 2. The lowest BCUT2D eigenvalue weighted by Crippen LogP contribution is -2.47. The summed E-state index contributed by atoms with van der Waals surface area (Å²) in [6.45, 7) is 14.3. The number of nitrogens with zero attached hydrogens (tertiary/aromatic N) is 1. The van der Waals surface area contributed by atoms with Crippen LogP contribution >= 0.6 is 12.2 Å². The van der Waals surface area contributed by atoms with Crippen LogP contribution in [-0.4, -0.2) is 34.5 Å². The molecule has 1 atom stereocenters. The van der Waals surface area contributed by atoms with E-state index in [0.717, 1.165) is 11.3 Å². The topological polar surface area (TPSA) is 70.7 Å². The molecule has 6 nitrogen and oxygen atoms in total. The van der Waals surface area contributed by atoms with Gasteiger partial charge < -0.3 is 20.3 Å². The minimum Gasteiger partial charge on any atom is -0.459 e. The van der Waals surface area contributed by atoms with E-state index in [1.807, 2.05) is 77.6 Å². The highest BCUT2D eigenvalue weighted by molar-refractivity contribution is 7.80. The fourth-order valence-corrected chi connectivity index (χ4v) is 3.78. The van der Waals surface area contributed by atoms with Crippen LogP contribution in [0.5, 0.6) is 0 Å². The molecule has 0 radical (unpaired) electrons. The Balaban J connectivity index is 2.31. The van der Waals surface area contributed by atoms with Gasteiger partial charge in [-0.25, -0.2) is 4.79 Å². The van der Waals surface area contributed by atoms with Gasteiger partial charge in [-0.1, -0.05) is 32.9 Å². The minimum atomic E-state index is -0.411. The number of carbonyl (C=O) groups is 2. The molecule has 0 spiro atoms. The molecule has 164 valence electrons. The van der Waals surface area contributed by atoms with Crippen LogP contribution in [0.15, 0.2) is 35.5 Å². The van der Waals surface area contributed by atoms with Crippen molar-refractivity contribution in [2.75, 3.05) is 11.9 Å². The Kier molecular flexibility index (Phi) is 7.64. The number of rotatable bonds is 6. The number of anilines is 1. The first-order valence-electron chi connectivity index (χ1n) is 10.3. The van der Waals surface area contributed by atoms with E-state index in [4.69, 9.17) is 17.0 Å². The summed E-state index contributed by atoms with van der Waals surface area (Å²) >= 11 is 5.51. The Labute approximate surface area is 185 Å². The third-order valence-electron chi connectivity index (χ3n) is 4.69. The van der Waals surface area contributed by atoms with Gasteiger partial charge in [-0.3, -0.25) is 4.79 Å². The monoisotopic (exact) mass is 431 g/mol. The molecule has 0 aromatic heterocycles. The minimum absolute atomic E-state index is 0.0252. The van der Waals surface area contributed by atoms with Crippen molar-refractivity contribution in [1.82, 2.24) is 10.2 Å². The first kappa shape index (κ1) is 23.9. The van der Waals surface area contributed by atoms with E-state index in [1.165, 1.54) is 0 Å². The van der Waals surface area contributed by atoms with Crippen molar-refractivity contribution < 1.29 is 14.3 Å². The Bertz CT molecular complexity index is 838. The van der Waals surface area contributed by atoms with Gasteiger partial charge in [-0.2, -0.15) is 0 Å². The summed E-state index contributed by atoms with van der Waals surface area (Å²) in [5.41, 5.74) is 2.85. The van der Waals surface area contributed by atoms with Crippen LogP contribution in [0.1, 0.15) is 66.5 Å². The summed E-state index contributed by atoms with van der Waals surface area (Å²) in [5.74, 6) is -0.383. The number of amides is 1. The second-order valence-electron chi connectivity index (χ2n) is 8.99. The van der Waals surface area contributed by atoms with E-state index in [9.17, 15) is 9.59 Å². The van der Waals surface area contributed by atoms with Crippen LogP contribution in [0, 0.1) is 5.41 Å². The molecule has 0 bridgehead atoms. The number of hydrogen-bond acceptors (Lipinski definition) is 4. The van der Waals surface area contributed by atoms with E-state index in [-0.39, 0.29) is 23.4 Å². The highest BCUT2D eigenvalue weighted by Crippen LogP contribution is 2.32. The molecule has 0 fully saturated rings. The lowest BCUT2D eigenvalue weighted by molar-refractivity contribution is -0.143. The number of allylic oxidation sites excluding steroid dienone is 1. The molecule has 1 aliphatic heterocycles. The first-order chi connectivity index (χ1) is 13.9. The number of ether oxygens (including phenoxy) is 1. The zero-order valence-electron chi connectivity index (χ0n) is 19.0. The molecule has 7 heteroatoms. The fraction of sp³-hybridized carbons (Fsp3) is 0.522. The van der Waals surface area contributed by atoms with E-state index < -0.39 is 6.04 Å². The number of esters is 1. The van der Waals surface area contributed by atoms with Crippen LogP contribution < -0.4 is 10.6 Å². The van der Waals surface area contributed by atoms with Crippen molar-refractivity contribution in [3.63, 3.8) is 0 Å². The summed E-state index contributed by atoms with van der Waals surface area (Å²) in [6.07, 6.45) is 0.218. The zero-order valence-corrected chi connectivity index (χ0v) is 19.8. The third kappa shape index (κ3) is 6.05. The van der Waals surface area contributed by atoms with Gasteiger partial charge in [0.2, 0.25) is 5.91 Å². The molecular formula is C23H33N3O3S. The Morgan fingerprint density at radius 3 is 2.33 bits per heavy atom. The molecule has 0 saturated heterocycles. The Hall–Kier alpha value is -2.41. The molecule has 30 heavy (non-hydrogen) atoms. The summed E-state index contributed by atoms with van der Waals surface area (Å²) in [4.78, 5) is 27.0. The maximum absolute atomic E-state index is 12.9. The van der Waals surface area contributed by atoms with Crippen molar-refractivity contribution >= 4 is 34.9 Å². The predicted octanol–water partition coefficient (Wildman–Crippen LogP) is 4.54. The summed E-state index contributed by atoms with van der Waals surface area (Å²) in [5, 5.41) is 6.77. The fourth-order valence-electron chi connectivity index (χ4n) is 3.40. The first-order valence-corrected chi connectivity index (χ1v) is 10.7. The van der Waals surface area contributed by atoms with Gasteiger partial charge >= 0.3 is 5.97 Å². The van der Waals surface area contributed by atoms with Gasteiger partial charge in [-0.15, -0.1) is 0 Å². The number of carbonyl (C=O) groups excluding carboxylic acids is 2. The molecule has 1 aromatic carbocycles. The Morgan fingerprint density at radius 1 is 1.23 bits per heavy atom. The lowest BCUT2D eigenvalue weighted by atomic mass is 9.92. The van der Waals surface area contributed by atoms with Gasteiger partial charge in [0, 0.05) is 24.4 Å². The van der Waals surface area contributed by atoms with Gasteiger partial charge in [0.1, 0.15) is 0 Å². The smallest absolute Gasteiger partial charge is 0.338 e. The van der Waals surface area contributed by atoms with Crippen LogP contribution in [0.2, 0.25) is 0 Å². The summed E-state index contributed by atoms with van der Waals surface area (Å²) < 4.78 is 5.50. The lowest BCUT2D eigenvalue weighted by Gasteiger charge is -2.37. The van der Waals surface area contributed by atoms with Crippen LogP contribution in [0.4, 0.5) is 5.69 Å². The van der Waals surface area contributed by atoms with Gasteiger partial charge in [0.15, 0.2) is 5.11 Å². The second kappa shape index (κ2) is 9.60. The highest BCUT2D eigenvalue weighted by atomic mass is 32.1. The Morgan fingerprint density at radius 2 is 1.83 bits per heavy atom. The average molecular weight is 432 g/mol. The average Bonchev–Trinajstić information content (AvgIpc) is 2.59. The molecule has 1 heterocycles. The van der Waals surface area contributed by atoms with Crippen molar-refractivity contribution in [3.05, 3.63) is 41.1 Å². The zero-order chi connectivity index (χ0) is 22.6. The molecule has 1 amide bonds. The number of benzene rings is 1. The molecule has 1 unspecified atom stereocenters. The standard InChI is InChI=1S/C23H33N3O3S/c1-8-26-15(4)19(21(28)29-14(2)3)20(25-22(26)30)16-9-11-17(12-10-16)24-18(27)13-23(5,6)7/h9-12,14,20H,8,13H2,1-7H3,(H,24,27)(H,25,30).